The van der Waals surface area contributed by atoms with E-state index < -0.39 is 81.8 Å². The second-order valence-corrected chi connectivity index (χ2v) is 17.9. The van der Waals surface area contributed by atoms with E-state index in [-0.39, 0.29) is 12.8 Å². The van der Waals surface area contributed by atoms with Crippen LogP contribution in [0.5, 0.6) is 0 Å². The van der Waals surface area contributed by atoms with Crippen LogP contribution in [0.4, 0.5) is 0 Å². The van der Waals surface area contributed by atoms with Gasteiger partial charge in [-0.3, -0.25) is 18.6 Å². The lowest BCUT2D eigenvalue weighted by Gasteiger charge is -2.41. The van der Waals surface area contributed by atoms with Crippen LogP contribution < -0.4 is 0 Å². The van der Waals surface area contributed by atoms with Gasteiger partial charge in [0.25, 0.3) is 0 Å². The number of phosphoric acid groups is 1. The van der Waals surface area contributed by atoms with E-state index in [9.17, 15) is 49.7 Å². The molecule has 3 unspecified atom stereocenters. The largest absolute Gasteiger partial charge is 0.472 e. The predicted octanol–water partition coefficient (Wildman–Crippen LogP) is 8.14. The average Bonchev–Trinajstić information content (AvgIpc) is 3.25. The molecule has 15 heteroatoms. The molecule has 1 fully saturated rings. The van der Waals surface area contributed by atoms with Gasteiger partial charge in [-0.05, 0) is 44.9 Å². The molecule has 1 saturated carbocycles. The molecule has 9 atom stereocenters. The first-order valence-electron chi connectivity index (χ1n) is 23.5. The van der Waals surface area contributed by atoms with Crippen molar-refractivity contribution >= 4 is 19.8 Å². The highest BCUT2D eigenvalue weighted by Gasteiger charge is 2.51. The van der Waals surface area contributed by atoms with Gasteiger partial charge in [0, 0.05) is 12.8 Å². The van der Waals surface area contributed by atoms with E-state index in [4.69, 9.17) is 18.5 Å². The average molecular weight is 903 g/mol. The molecule has 0 aromatic heterocycles. The highest BCUT2D eigenvalue weighted by atomic mass is 31.2. The first kappa shape index (κ1) is 57.8. The van der Waals surface area contributed by atoms with Crippen LogP contribution in [0.3, 0.4) is 0 Å². The van der Waals surface area contributed by atoms with Crippen LogP contribution in [0.15, 0.2) is 48.6 Å². The molecule has 1 aliphatic rings. The Kier molecular flexibility index (Phi) is 34.5. The number of unbranched alkanes of at least 4 members (excludes halogenated alkanes) is 18. The van der Waals surface area contributed by atoms with E-state index in [1.54, 1.807) is 6.08 Å². The topological polar surface area (TPSA) is 230 Å². The van der Waals surface area contributed by atoms with Crippen LogP contribution in [0.25, 0.3) is 0 Å². The number of allylic oxidation sites excluding steroid dienone is 6. The zero-order valence-electron chi connectivity index (χ0n) is 37.8. The van der Waals surface area contributed by atoms with Gasteiger partial charge >= 0.3 is 19.8 Å². The summed E-state index contributed by atoms with van der Waals surface area (Å²) in [7, 11) is -5.15. The standard InChI is InChI=1S/C47H83O14P/c1-3-5-7-9-11-12-13-14-15-16-17-18-22-26-30-34-40(49)58-36-39(37-59-62(56,57)61-47-45(54)43(52)42(51)44(53)46(47)55)60-41(50)35-31-27-23-20-19-21-25-29-33-38(48)32-28-24-10-8-6-4-2/h20-21,23-25,28-29,33,38-39,42-48,51-55H,3-19,22,26-27,30-32,34-37H2,1-2H3,(H,56,57)/b23-20-,25-21-,28-24-,33-29+/t38-,39+,42?,43-,44+,45+,46+,47?/m0/s1. The summed E-state index contributed by atoms with van der Waals surface area (Å²) in [5.74, 6) is -1.20. The van der Waals surface area contributed by atoms with Gasteiger partial charge < -0.3 is 45.0 Å². The van der Waals surface area contributed by atoms with Crippen LogP contribution in [0, 0.1) is 0 Å². The predicted molar refractivity (Wildman–Crippen MR) is 241 cm³/mol. The summed E-state index contributed by atoms with van der Waals surface area (Å²) in [6.07, 6.45) is 26.2. The number of phosphoric ester groups is 1. The fourth-order valence-electron chi connectivity index (χ4n) is 6.89. The molecule has 360 valence electrons. The molecule has 0 aliphatic heterocycles. The maximum Gasteiger partial charge on any atom is 0.472 e. The Labute approximate surface area is 372 Å². The summed E-state index contributed by atoms with van der Waals surface area (Å²) >= 11 is 0. The Morgan fingerprint density at radius 3 is 1.68 bits per heavy atom. The summed E-state index contributed by atoms with van der Waals surface area (Å²) < 4.78 is 33.4. The number of aliphatic hydroxyl groups excluding tert-OH is 6. The highest BCUT2D eigenvalue weighted by molar-refractivity contribution is 7.47. The van der Waals surface area contributed by atoms with Crippen molar-refractivity contribution in [1.29, 1.82) is 0 Å². The van der Waals surface area contributed by atoms with Gasteiger partial charge in [0.15, 0.2) is 6.10 Å². The molecule has 0 amide bonds. The number of esters is 2. The maximum atomic E-state index is 12.8. The second-order valence-electron chi connectivity index (χ2n) is 16.5. The SMILES string of the molecule is CCCCC/C=C\C[C@H](O)/C=C/C=C\C/C=C\CCCC(=O)O[C@H](COC(=O)CCCCCCCCCCCCCCCCC)COP(=O)(O)OC1[C@H](O)[C@H](O)C(O)[C@H](O)[C@H]1O. The van der Waals surface area contributed by atoms with Crippen LogP contribution in [0.1, 0.15) is 174 Å². The van der Waals surface area contributed by atoms with Crippen molar-refractivity contribution in [2.45, 2.75) is 223 Å². The normalized spacial score (nSPS) is 22.8. The lowest BCUT2D eigenvalue weighted by atomic mass is 9.85. The molecule has 62 heavy (non-hydrogen) atoms. The van der Waals surface area contributed by atoms with Crippen molar-refractivity contribution in [3.8, 4) is 0 Å². The van der Waals surface area contributed by atoms with Gasteiger partial charge in [-0.15, -0.1) is 0 Å². The summed E-state index contributed by atoms with van der Waals surface area (Å²) in [6.45, 7) is 3.15. The Bertz CT molecular complexity index is 1290. The van der Waals surface area contributed by atoms with E-state index in [2.05, 4.69) is 19.9 Å². The number of rotatable bonds is 38. The molecule has 0 aromatic rings. The molecule has 0 aromatic carbocycles. The minimum absolute atomic E-state index is 0.0106. The summed E-state index contributed by atoms with van der Waals surface area (Å²) in [5.41, 5.74) is 0. The molecular weight excluding hydrogens is 819 g/mol. The molecular formula is C47H83O14P. The minimum Gasteiger partial charge on any atom is -0.462 e. The van der Waals surface area contributed by atoms with Gasteiger partial charge in [-0.25, -0.2) is 4.57 Å². The van der Waals surface area contributed by atoms with Gasteiger partial charge in [0.2, 0.25) is 0 Å². The summed E-state index contributed by atoms with van der Waals surface area (Å²) in [4.78, 5) is 35.7. The Hall–Kier alpha value is -2.23. The van der Waals surface area contributed by atoms with Gasteiger partial charge in [-0.2, -0.15) is 0 Å². The molecule has 0 saturated heterocycles. The highest BCUT2D eigenvalue weighted by Crippen LogP contribution is 2.47. The Morgan fingerprint density at radius 2 is 1.08 bits per heavy atom. The fraction of sp³-hybridized carbons (Fsp3) is 0.787. The number of carbonyl (C=O) groups is 2. The van der Waals surface area contributed by atoms with E-state index in [1.807, 2.05) is 36.5 Å². The lowest BCUT2D eigenvalue weighted by molar-refractivity contribution is -0.220. The van der Waals surface area contributed by atoms with Crippen LogP contribution in [-0.2, 0) is 32.7 Å². The minimum atomic E-state index is -5.15. The molecule has 7 N–H and O–H groups in total. The summed E-state index contributed by atoms with van der Waals surface area (Å²) in [5, 5.41) is 60.2. The van der Waals surface area contributed by atoms with Crippen molar-refractivity contribution < 1.29 is 68.2 Å². The number of aliphatic hydroxyl groups is 6. The zero-order valence-corrected chi connectivity index (χ0v) is 38.7. The van der Waals surface area contributed by atoms with Crippen molar-refractivity contribution in [3.05, 3.63) is 48.6 Å². The number of ether oxygens (including phenoxy) is 2. The van der Waals surface area contributed by atoms with Crippen LogP contribution >= 0.6 is 7.82 Å². The molecule has 0 heterocycles. The number of hydrogen-bond acceptors (Lipinski definition) is 13. The summed E-state index contributed by atoms with van der Waals surface area (Å²) in [6, 6.07) is 0. The first-order chi connectivity index (χ1) is 29.8. The van der Waals surface area contributed by atoms with E-state index in [0.29, 0.717) is 32.1 Å². The van der Waals surface area contributed by atoms with Crippen LogP contribution in [0.2, 0.25) is 0 Å². The Morgan fingerprint density at radius 1 is 0.581 bits per heavy atom. The van der Waals surface area contributed by atoms with Crippen molar-refractivity contribution in [1.82, 2.24) is 0 Å². The van der Waals surface area contributed by atoms with Crippen molar-refractivity contribution in [2.24, 2.45) is 0 Å². The van der Waals surface area contributed by atoms with E-state index in [1.165, 1.54) is 83.5 Å². The molecule has 0 radical (unpaired) electrons. The van der Waals surface area contributed by atoms with E-state index >= 15 is 0 Å². The van der Waals surface area contributed by atoms with Crippen molar-refractivity contribution in [2.75, 3.05) is 13.2 Å². The van der Waals surface area contributed by atoms with Gasteiger partial charge in [-0.1, -0.05) is 165 Å². The van der Waals surface area contributed by atoms with Gasteiger partial charge in [0.1, 0.15) is 43.2 Å². The monoisotopic (exact) mass is 903 g/mol. The Balaban J connectivity index is 2.53. The molecule has 1 rings (SSSR count). The molecule has 1 aliphatic carbocycles. The van der Waals surface area contributed by atoms with Crippen molar-refractivity contribution in [3.63, 3.8) is 0 Å². The smallest absolute Gasteiger partial charge is 0.462 e. The first-order valence-corrected chi connectivity index (χ1v) is 25.0. The number of carbonyl (C=O) groups excluding carboxylic acids is 2. The fourth-order valence-corrected chi connectivity index (χ4v) is 7.87. The van der Waals surface area contributed by atoms with E-state index in [0.717, 1.165) is 32.1 Å². The second kappa shape index (κ2) is 37.0. The quantitative estimate of drug-likeness (QED) is 0.0102. The zero-order chi connectivity index (χ0) is 45.9. The lowest BCUT2D eigenvalue weighted by Crippen LogP contribution is -2.64. The molecule has 0 bridgehead atoms. The third kappa shape index (κ3) is 29.3. The third-order valence-electron chi connectivity index (χ3n) is 10.8. The number of hydrogen-bond donors (Lipinski definition) is 7. The third-order valence-corrected chi connectivity index (χ3v) is 11.7. The van der Waals surface area contributed by atoms with Gasteiger partial charge in [0.05, 0.1) is 12.7 Å². The molecule has 14 nitrogen and oxygen atoms in total. The molecule has 0 spiro atoms. The maximum absolute atomic E-state index is 12.8. The van der Waals surface area contributed by atoms with Crippen LogP contribution in [-0.4, -0.2) is 110 Å².